The minimum Gasteiger partial charge on any atom is -0.379 e. The van der Waals surface area contributed by atoms with Crippen molar-refractivity contribution in [2.45, 2.75) is 23.5 Å². The van der Waals surface area contributed by atoms with Crippen LogP contribution >= 0.6 is 11.8 Å². The Balaban J connectivity index is 1.36. The van der Waals surface area contributed by atoms with Crippen molar-refractivity contribution in [2.24, 2.45) is 0 Å². The van der Waals surface area contributed by atoms with E-state index in [0.717, 1.165) is 11.4 Å². The number of morpholine rings is 1. The lowest BCUT2D eigenvalue weighted by atomic mass is 10.2. The maximum absolute atomic E-state index is 12.7. The summed E-state index contributed by atoms with van der Waals surface area (Å²) in [4.78, 5) is 12.7. The maximum atomic E-state index is 12.7. The molecule has 0 spiro atoms. The average molecular weight is 488 g/mol. The topological polar surface area (TPSA) is 106 Å². The van der Waals surface area contributed by atoms with Gasteiger partial charge in [0.1, 0.15) is 0 Å². The lowest BCUT2D eigenvalue weighted by Crippen LogP contribution is -2.40. The summed E-state index contributed by atoms with van der Waals surface area (Å²) in [5, 5.41) is 12.0. The zero-order valence-corrected chi connectivity index (χ0v) is 19.8. The summed E-state index contributed by atoms with van der Waals surface area (Å²) < 4.78 is 34.0. The van der Waals surface area contributed by atoms with E-state index in [2.05, 4.69) is 15.5 Å². The highest BCUT2D eigenvalue weighted by atomic mass is 32.2. The highest BCUT2D eigenvalue weighted by molar-refractivity contribution is 7.99. The van der Waals surface area contributed by atoms with E-state index in [1.165, 1.54) is 28.2 Å². The van der Waals surface area contributed by atoms with Crippen LogP contribution in [0, 0.1) is 0 Å². The fraction of sp³-hybridized carbons (Fsp3) is 0.318. The van der Waals surface area contributed by atoms with Crippen molar-refractivity contribution < 1.29 is 17.9 Å². The summed E-state index contributed by atoms with van der Waals surface area (Å²) in [7, 11) is -3.56. The molecule has 11 heteroatoms. The summed E-state index contributed by atoms with van der Waals surface area (Å²) in [6.07, 6.45) is 0. The van der Waals surface area contributed by atoms with Gasteiger partial charge in [-0.1, -0.05) is 42.1 Å². The van der Waals surface area contributed by atoms with Crippen molar-refractivity contribution in [2.75, 3.05) is 37.4 Å². The minimum atomic E-state index is -3.56. The molecule has 174 valence electrons. The molecule has 3 aromatic rings. The molecular weight excluding hydrogens is 462 g/mol. The van der Waals surface area contributed by atoms with E-state index in [1.54, 1.807) is 12.1 Å². The number of thioether (sulfide) groups is 1. The van der Waals surface area contributed by atoms with E-state index < -0.39 is 10.0 Å². The van der Waals surface area contributed by atoms with Crippen LogP contribution in [0.3, 0.4) is 0 Å². The molecule has 9 nitrogen and oxygen atoms in total. The number of ether oxygens (including phenoxy) is 1. The molecule has 4 rings (SSSR count). The van der Waals surface area contributed by atoms with Crippen LogP contribution in [0.15, 0.2) is 64.6 Å². The van der Waals surface area contributed by atoms with Gasteiger partial charge in [-0.3, -0.25) is 4.79 Å². The van der Waals surface area contributed by atoms with Gasteiger partial charge in [0.15, 0.2) is 11.0 Å². The van der Waals surface area contributed by atoms with E-state index in [9.17, 15) is 13.2 Å². The zero-order valence-electron chi connectivity index (χ0n) is 18.2. The number of hydrogen-bond acceptors (Lipinski definition) is 7. The second kappa shape index (κ2) is 10.5. The Morgan fingerprint density at radius 1 is 1.06 bits per heavy atom. The van der Waals surface area contributed by atoms with Crippen LogP contribution < -0.4 is 5.32 Å². The number of hydrogen-bond donors (Lipinski definition) is 1. The van der Waals surface area contributed by atoms with Gasteiger partial charge in [0.05, 0.1) is 23.9 Å². The third-order valence-corrected chi connectivity index (χ3v) is 8.02. The predicted octanol–water partition coefficient (Wildman–Crippen LogP) is 2.72. The Morgan fingerprint density at radius 3 is 2.42 bits per heavy atom. The number of nitrogens with zero attached hydrogens (tertiary/aromatic N) is 4. The summed E-state index contributed by atoms with van der Waals surface area (Å²) in [5.74, 6) is 0.703. The molecule has 1 aliphatic rings. The SMILES string of the molecule is CCn1c(SCC(=O)Nc2ccc(S(=O)(=O)N3CCOCC3)cc2)nnc1-c1ccccc1. The Hall–Kier alpha value is -2.73. The van der Waals surface area contributed by atoms with Crippen molar-refractivity contribution in [3.63, 3.8) is 0 Å². The van der Waals surface area contributed by atoms with Gasteiger partial charge in [-0.2, -0.15) is 4.31 Å². The molecule has 0 saturated carbocycles. The normalized spacial score (nSPS) is 14.8. The Labute approximate surface area is 197 Å². The molecule has 2 heterocycles. The first-order chi connectivity index (χ1) is 16.0. The van der Waals surface area contributed by atoms with E-state index in [0.29, 0.717) is 43.7 Å². The lowest BCUT2D eigenvalue weighted by molar-refractivity contribution is -0.113. The Morgan fingerprint density at radius 2 is 1.76 bits per heavy atom. The molecule has 0 atom stereocenters. The smallest absolute Gasteiger partial charge is 0.243 e. The maximum Gasteiger partial charge on any atom is 0.243 e. The first-order valence-electron chi connectivity index (χ1n) is 10.6. The monoisotopic (exact) mass is 487 g/mol. The summed E-state index contributed by atoms with van der Waals surface area (Å²) in [5.41, 5.74) is 1.50. The Kier molecular flexibility index (Phi) is 7.43. The second-order valence-electron chi connectivity index (χ2n) is 7.29. The van der Waals surface area contributed by atoms with Crippen molar-refractivity contribution in [1.82, 2.24) is 19.1 Å². The van der Waals surface area contributed by atoms with Crippen LogP contribution in [0.1, 0.15) is 6.92 Å². The number of aromatic nitrogens is 3. The van der Waals surface area contributed by atoms with E-state index >= 15 is 0 Å². The van der Waals surface area contributed by atoms with Crippen molar-refractivity contribution >= 4 is 33.4 Å². The number of carbonyl (C=O) groups excluding carboxylic acids is 1. The molecular formula is C22H25N5O4S2. The first-order valence-corrected chi connectivity index (χ1v) is 13.0. The van der Waals surface area contributed by atoms with Crippen LogP contribution in [0.5, 0.6) is 0 Å². The third-order valence-electron chi connectivity index (χ3n) is 5.14. The molecule has 1 fully saturated rings. The van der Waals surface area contributed by atoms with Gasteiger partial charge in [-0.25, -0.2) is 8.42 Å². The number of amides is 1. The number of rotatable bonds is 8. The Bertz CT molecular complexity index is 1190. The zero-order chi connectivity index (χ0) is 23.3. The summed E-state index contributed by atoms with van der Waals surface area (Å²) in [6.45, 7) is 4.15. The molecule has 2 aromatic carbocycles. The predicted molar refractivity (Wildman–Crippen MR) is 127 cm³/mol. The van der Waals surface area contributed by atoms with Crippen molar-refractivity contribution in [1.29, 1.82) is 0 Å². The third kappa shape index (κ3) is 5.44. The standard InChI is InChI=1S/C22H25N5O4S2/c1-2-27-21(17-6-4-3-5-7-17)24-25-22(27)32-16-20(28)23-18-8-10-19(11-9-18)33(29,30)26-12-14-31-15-13-26/h3-11H,2,12-16H2,1H3,(H,23,28). The highest BCUT2D eigenvalue weighted by Gasteiger charge is 2.26. The molecule has 1 N–H and O–H groups in total. The minimum absolute atomic E-state index is 0.154. The van der Waals surface area contributed by atoms with Crippen molar-refractivity contribution in [3.05, 3.63) is 54.6 Å². The number of benzene rings is 2. The van der Waals surface area contributed by atoms with Gasteiger partial charge in [0.2, 0.25) is 15.9 Å². The fourth-order valence-corrected chi connectivity index (χ4v) is 5.67. The van der Waals surface area contributed by atoms with Gasteiger partial charge >= 0.3 is 0 Å². The van der Waals surface area contributed by atoms with Crippen molar-refractivity contribution in [3.8, 4) is 11.4 Å². The summed E-state index contributed by atoms with van der Waals surface area (Å²) in [6, 6.07) is 16.0. The number of nitrogens with one attached hydrogen (secondary N) is 1. The van der Waals surface area contributed by atoms with Gasteiger partial charge in [-0.15, -0.1) is 10.2 Å². The quantitative estimate of drug-likeness (QED) is 0.487. The molecule has 0 aliphatic carbocycles. The van der Waals surface area contributed by atoms with Gasteiger partial charge in [-0.05, 0) is 31.2 Å². The van der Waals surface area contributed by atoms with Gasteiger partial charge in [0.25, 0.3) is 0 Å². The number of carbonyl (C=O) groups is 1. The van der Waals surface area contributed by atoms with Crippen LogP contribution in [0.2, 0.25) is 0 Å². The van der Waals surface area contributed by atoms with Crippen LogP contribution in [0.4, 0.5) is 5.69 Å². The molecule has 1 aliphatic heterocycles. The van der Waals surface area contributed by atoms with E-state index in [-0.39, 0.29) is 16.6 Å². The molecule has 0 radical (unpaired) electrons. The van der Waals surface area contributed by atoms with Gasteiger partial charge < -0.3 is 14.6 Å². The molecule has 0 unspecified atom stereocenters. The molecule has 1 saturated heterocycles. The second-order valence-corrected chi connectivity index (χ2v) is 10.2. The van der Waals surface area contributed by atoms with Crippen LogP contribution in [0.25, 0.3) is 11.4 Å². The van der Waals surface area contributed by atoms with Crippen LogP contribution in [-0.2, 0) is 26.1 Å². The largest absolute Gasteiger partial charge is 0.379 e. The summed E-state index contributed by atoms with van der Waals surface area (Å²) >= 11 is 1.30. The number of anilines is 1. The molecule has 33 heavy (non-hydrogen) atoms. The first kappa shape index (κ1) is 23.4. The lowest BCUT2D eigenvalue weighted by Gasteiger charge is -2.26. The molecule has 1 aromatic heterocycles. The van der Waals surface area contributed by atoms with E-state index in [1.807, 2.05) is 41.8 Å². The van der Waals surface area contributed by atoms with Gasteiger partial charge in [0, 0.05) is 30.9 Å². The van der Waals surface area contributed by atoms with E-state index in [4.69, 9.17) is 4.74 Å². The highest BCUT2D eigenvalue weighted by Crippen LogP contribution is 2.24. The molecule has 1 amide bonds. The van der Waals surface area contributed by atoms with Crippen LogP contribution in [-0.4, -0.2) is 65.5 Å². The molecule has 0 bridgehead atoms. The average Bonchev–Trinajstić information content (AvgIpc) is 3.27. The number of sulfonamides is 1. The fourth-order valence-electron chi connectivity index (χ4n) is 3.45.